The van der Waals surface area contributed by atoms with Crippen molar-refractivity contribution in [3.8, 4) is 0 Å². The van der Waals surface area contributed by atoms with Crippen molar-refractivity contribution < 1.29 is 9.90 Å². The van der Waals surface area contributed by atoms with Crippen molar-refractivity contribution >= 4 is 5.97 Å². The third-order valence-electron chi connectivity index (χ3n) is 2.98. The van der Waals surface area contributed by atoms with Crippen molar-refractivity contribution in [2.24, 2.45) is 5.41 Å². The van der Waals surface area contributed by atoms with Crippen LogP contribution in [0.15, 0.2) is 18.3 Å². The number of aliphatic carboxylic acids is 1. The van der Waals surface area contributed by atoms with E-state index in [4.69, 9.17) is 5.11 Å². The number of hydrogen-bond acceptors (Lipinski definition) is 2. The molecule has 4 nitrogen and oxygen atoms in total. The minimum absolute atomic E-state index is 0.457. The van der Waals surface area contributed by atoms with E-state index in [1.165, 1.54) is 0 Å². The van der Waals surface area contributed by atoms with Gasteiger partial charge in [-0.3, -0.25) is 9.69 Å². The molecule has 0 aliphatic heterocycles. The predicted octanol–water partition coefficient (Wildman–Crippen LogP) is 1.31. The lowest BCUT2D eigenvalue weighted by atomic mass is 10.1. The van der Waals surface area contributed by atoms with Gasteiger partial charge < -0.3 is 10.1 Å². The molecule has 0 bridgehead atoms. The largest absolute Gasteiger partial charge is 0.481 e. The van der Waals surface area contributed by atoms with Crippen LogP contribution in [0.25, 0.3) is 0 Å². The van der Waals surface area contributed by atoms with Crippen molar-refractivity contribution in [1.82, 2.24) is 9.88 Å². The highest BCUT2D eigenvalue weighted by Gasteiger charge is 2.50. The van der Waals surface area contributed by atoms with Gasteiger partial charge in [0.25, 0.3) is 0 Å². The average molecular weight is 208 g/mol. The lowest BCUT2D eigenvalue weighted by Gasteiger charge is -2.20. The summed E-state index contributed by atoms with van der Waals surface area (Å²) in [5.74, 6) is -0.652. The lowest BCUT2D eigenvalue weighted by Crippen LogP contribution is -2.31. The number of H-pyrrole nitrogens is 1. The Labute approximate surface area is 88.9 Å². The quantitative estimate of drug-likeness (QED) is 0.767. The Balaban J connectivity index is 1.88. The van der Waals surface area contributed by atoms with E-state index in [0.29, 0.717) is 6.54 Å². The number of carboxylic acid groups (broad SMARTS) is 1. The maximum Gasteiger partial charge on any atom is 0.310 e. The maximum atomic E-state index is 11.0. The number of rotatable bonds is 5. The van der Waals surface area contributed by atoms with Crippen molar-refractivity contribution in [2.45, 2.75) is 19.4 Å². The van der Waals surface area contributed by atoms with Gasteiger partial charge in [-0.25, -0.2) is 0 Å². The smallest absolute Gasteiger partial charge is 0.310 e. The normalized spacial score (nSPS) is 18.0. The summed E-state index contributed by atoms with van der Waals surface area (Å²) < 4.78 is 0. The van der Waals surface area contributed by atoms with Gasteiger partial charge in [0.05, 0.1) is 5.41 Å². The number of hydrogen-bond donors (Lipinski definition) is 2. The van der Waals surface area contributed by atoms with E-state index in [2.05, 4.69) is 9.88 Å². The van der Waals surface area contributed by atoms with Crippen molar-refractivity contribution in [1.29, 1.82) is 0 Å². The summed E-state index contributed by atoms with van der Waals surface area (Å²) in [6.45, 7) is 1.42. The summed E-state index contributed by atoms with van der Waals surface area (Å²) in [4.78, 5) is 16.2. The molecule has 4 heteroatoms. The van der Waals surface area contributed by atoms with Gasteiger partial charge in [0, 0.05) is 25.0 Å². The zero-order valence-electron chi connectivity index (χ0n) is 8.86. The Morgan fingerprint density at radius 1 is 1.67 bits per heavy atom. The molecule has 1 aliphatic rings. The first-order chi connectivity index (χ1) is 7.12. The topological polar surface area (TPSA) is 56.3 Å². The van der Waals surface area contributed by atoms with E-state index in [0.717, 1.165) is 25.1 Å². The standard InChI is InChI=1S/C11H16N2O2/c1-13(7-9-3-2-6-12-9)8-11(4-5-11)10(14)15/h2-3,6,12H,4-5,7-8H2,1H3,(H,14,15). The number of aromatic nitrogens is 1. The molecule has 1 aromatic heterocycles. The summed E-state index contributed by atoms with van der Waals surface area (Å²) in [6.07, 6.45) is 3.52. The fourth-order valence-corrected chi connectivity index (χ4v) is 1.92. The van der Waals surface area contributed by atoms with Crippen LogP contribution < -0.4 is 0 Å². The van der Waals surface area contributed by atoms with Crippen molar-refractivity contribution in [2.75, 3.05) is 13.6 Å². The summed E-state index contributed by atoms with van der Waals surface area (Å²) in [5.41, 5.74) is 0.667. The molecule has 15 heavy (non-hydrogen) atoms. The van der Waals surface area contributed by atoms with Gasteiger partial charge in [-0.1, -0.05) is 0 Å². The molecule has 1 heterocycles. The highest BCUT2D eigenvalue weighted by atomic mass is 16.4. The minimum Gasteiger partial charge on any atom is -0.481 e. The summed E-state index contributed by atoms with van der Waals surface area (Å²) in [6, 6.07) is 3.96. The van der Waals surface area contributed by atoms with Gasteiger partial charge in [0.1, 0.15) is 0 Å². The molecule has 82 valence electrons. The maximum absolute atomic E-state index is 11.0. The predicted molar refractivity (Wildman–Crippen MR) is 56.4 cm³/mol. The van der Waals surface area contributed by atoms with E-state index < -0.39 is 11.4 Å². The molecular formula is C11H16N2O2. The first kappa shape index (κ1) is 10.2. The Bertz CT molecular complexity index is 341. The van der Waals surface area contributed by atoms with Crippen LogP contribution in [0.4, 0.5) is 0 Å². The second-order valence-electron chi connectivity index (χ2n) is 4.45. The number of nitrogens with one attached hydrogen (secondary N) is 1. The van der Waals surface area contributed by atoms with Gasteiger partial charge in [-0.05, 0) is 32.0 Å². The SMILES string of the molecule is CN(Cc1ccc[nH]1)CC1(C(=O)O)CC1. The Kier molecular flexibility index (Phi) is 2.52. The van der Waals surface area contributed by atoms with Crippen molar-refractivity contribution in [3.63, 3.8) is 0 Å². The van der Waals surface area contributed by atoms with Gasteiger partial charge in [-0.15, -0.1) is 0 Å². The molecule has 0 radical (unpaired) electrons. The van der Waals surface area contributed by atoms with Gasteiger partial charge in [0.15, 0.2) is 0 Å². The molecule has 2 rings (SSSR count). The Morgan fingerprint density at radius 3 is 2.87 bits per heavy atom. The molecule has 0 spiro atoms. The number of carbonyl (C=O) groups is 1. The van der Waals surface area contributed by atoms with E-state index in [1.54, 1.807) is 0 Å². The van der Waals surface area contributed by atoms with Gasteiger partial charge in [-0.2, -0.15) is 0 Å². The fraction of sp³-hybridized carbons (Fsp3) is 0.545. The zero-order valence-corrected chi connectivity index (χ0v) is 8.86. The van der Waals surface area contributed by atoms with Crippen LogP contribution in [0, 0.1) is 5.41 Å². The summed E-state index contributed by atoms with van der Waals surface area (Å²) in [5, 5.41) is 9.04. The monoisotopic (exact) mass is 208 g/mol. The molecule has 0 amide bonds. The molecule has 1 aromatic rings. The van der Waals surface area contributed by atoms with Crippen LogP contribution in [0.3, 0.4) is 0 Å². The van der Waals surface area contributed by atoms with Crippen LogP contribution in [0.5, 0.6) is 0 Å². The highest BCUT2D eigenvalue weighted by Crippen LogP contribution is 2.46. The second-order valence-corrected chi connectivity index (χ2v) is 4.45. The van der Waals surface area contributed by atoms with Crippen LogP contribution >= 0.6 is 0 Å². The fourth-order valence-electron chi connectivity index (χ4n) is 1.92. The number of nitrogens with zero attached hydrogens (tertiary/aromatic N) is 1. The molecule has 1 saturated carbocycles. The first-order valence-electron chi connectivity index (χ1n) is 5.17. The van der Waals surface area contributed by atoms with Crippen LogP contribution in [-0.2, 0) is 11.3 Å². The molecule has 1 fully saturated rings. The minimum atomic E-state index is -0.652. The zero-order chi connectivity index (χ0) is 10.9. The molecule has 0 saturated heterocycles. The first-order valence-corrected chi connectivity index (χ1v) is 5.17. The molecular weight excluding hydrogens is 192 g/mol. The average Bonchev–Trinajstić information content (AvgIpc) is 2.75. The van der Waals surface area contributed by atoms with E-state index in [-0.39, 0.29) is 0 Å². The van der Waals surface area contributed by atoms with E-state index in [1.807, 2.05) is 25.4 Å². The number of carboxylic acids is 1. The van der Waals surface area contributed by atoms with Crippen LogP contribution in [-0.4, -0.2) is 34.6 Å². The molecule has 2 N–H and O–H groups in total. The Hall–Kier alpha value is -1.29. The van der Waals surface area contributed by atoms with Gasteiger partial charge in [0.2, 0.25) is 0 Å². The second kappa shape index (κ2) is 3.70. The van der Waals surface area contributed by atoms with Crippen LogP contribution in [0.2, 0.25) is 0 Å². The lowest BCUT2D eigenvalue weighted by molar-refractivity contribution is -0.144. The molecule has 0 atom stereocenters. The van der Waals surface area contributed by atoms with E-state index >= 15 is 0 Å². The molecule has 0 aromatic carbocycles. The number of aromatic amines is 1. The van der Waals surface area contributed by atoms with Crippen LogP contribution in [0.1, 0.15) is 18.5 Å². The van der Waals surface area contributed by atoms with Crippen molar-refractivity contribution in [3.05, 3.63) is 24.0 Å². The summed E-state index contributed by atoms with van der Waals surface area (Å²) >= 11 is 0. The Morgan fingerprint density at radius 2 is 2.40 bits per heavy atom. The highest BCUT2D eigenvalue weighted by molar-refractivity contribution is 5.78. The summed E-state index contributed by atoms with van der Waals surface area (Å²) in [7, 11) is 1.96. The van der Waals surface area contributed by atoms with E-state index in [9.17, 15) is 4.79 Å². The van der Waals surface area contributed by atoms with Gasteiger partial charge >= 0.3 is 5.97 Å². The third-order valence-corrected chi connectivity index (χ3v) is 2.98. The molecule has 1 aliphatic carbocycles. The third kappa shape index (κ3) is 2.21. The molecule has 0 unspecified atom stereocenters.